The molecule has 22 nitrogen and oxygen atoms in total. The van der Waals surface area contributed by atoms with Crippen molar-refractivity contribution < 1.29 is 58.4 Å². The van der Waals surface area contributed by atoms with Crippen LogP contribution in [-0.4, -0.2) is 149 Å². The fourth-order valence-corrected chi connectivity index (χ4v) is 11.6. The number of unbranched alkanes of at least 4 members (excludes halogenated alkanes) is 4. The zero-order valence-electron chi connectivity index (χ0n) is 56.0. The van der Waals surface area contributed by atoms with Gasteiger partial charge in [0.15, 0.2) is 16.5 Å². The van der Waals surface area contributed by atoms with Crippen LogP contribution in [0, 0.1) is 33.5 Å². The van der Waals surface area contributed by atoms with Crippen LogP contribution in [0.1, 0.15) is 167 Å². The molecule has 0 radical (unpaired) electrons. The molecule has 6 amide bonds. The number of amides is 6. The smallest absolute Gasteiger partial charge is 0.290 e. The summed E-state index contributed by atoms with van der Waals surface area (Å²) in [5, 5.41) is 51.0. The van der Waals surface area contributed by atoms with Gasteiger partial charge in [0.05, 0.1) is 55.0 Å². The van der Waals surface area contributed by atoms with Gasteiger partial charge < -0.3 is 34.6 Å². The second-order valence-corrected chi connectivity index (χ2v) is 25.5. The minimum atomic E-state index is -0.882. The summed E-state index contributed by atoms with van der Waals surface area (Å²) < 4.78 is 11.2. The van der Waals surface area contributed by atoms with Gasteiger partial charge in [0.25, 0.3) is 23.6 Å². The van der Waals surface area contributed by atoms with Crippen molar-refractivity contribution in [3.05, 3.63) is 85.1 Å². The van der Waals surface area contributed by atoms with E-state index in [0.717, 1.165) is 121 Å². The van der Waals surface area contributed by atoms with E-state index in [9.17, 15) is 49.0 Å². The monoisotopic (exact) mass is 1290 g/mol. The lowest BCUT2D eigenvalue weighted by atomic mass is 9.93. The van der Waals surface area contributed by atoms with E-state index in [-0.39, 0.29) is 47.8 Å². The Kier molecular flexibility index (Phi) is 30.5. The third-order valence-electron chi connectivity index (χ3n) is 14.6. The van der Waals surface area contributed by atoms with Gasteiger partial charge in [-0.05, 0) is 80.0 Å². The van der Waals surface area contributed by atoms with Crippen LogP contribution < -0.4 is 19.3 Å². The summed E-state index contributed by atoms with van der Waals surface area (Å²) in [6.07, 6.45) is 10.8. The number of nitriles is 2. The molecule has 3 N–H and O–H groups in total. The van der Waals surface area contributed by atoms with Crippen molar-refractivity contribution in [2.75, 3.05) is 71.4 Å². The van der Waals surface area contributed by atoms with Gasteiger partial charge in [-0.1, -0.05) is 142 Å². The number of benzene rings is 2. The molecule has 0 aliphatic carbocycles. The van der Waals surface area contributed by atoms with Gasteiger partial charge in [0, 0.05) is 74.9 Å². The molecule has 4 aromatic rings. The van der Waals surface area contributed by atoms with Crippen LogP contribution >= 0.6 is 22.7 Å². The number of methoxy groups -OCH3 is 2. The lowest BCUT2D eigenvalue weighted by molar-refractivity contribution is -0.173. The SMILES string of the molecule is CC1=C(C#N)C(=O)N(N(C)C(=O)C(C)(C)C)C(=O)C1.CCCCN(CCCC)c1nc(-c2c(CO)cccc2OC)c(/C=C2\C(=O)N(N(C)C(=O)C(C)(C)C)C(=O)C(C#N)=C2C)s1.CCCCN(CCCC)c1nc(-c2c(CO)cccc2OC)c(C=O)s1.CO. The molecule has 24 heteroatoms. The fourth-order valence-electron chi connectivity index (χ4n) is 9.61. The largest absolute Gasteiger partial charge is 0.496 e. The Hall–Kier alpha value is -8.13. The Bertz CT molecular complexity index is 3350. The van der Waals surface area contributed by atoms with Gasteiger partial charge in [-0.2, -0.15) is 20.5 Å². The zero-order chi connectivity index (χ0) is 68.7. The number of aromatic nitrogens is 2. The molecule has 2 aliphatic heterocycles. The summed E-state index contributed by atoms with van der Waals surface area (Å²) in [6, 6.07) is 14.6. The minimum absolute atomic E-state index is 0.0314. The number of ether oxygens (including phenoxy) is 2. The van der Waals surface area contributed by atoms with E-state index in [1.54, 1.807) is 100.0 Å². The number of carbonyl (C=O) groups is 7. The number of hydrogen-bond acceptors (Lipinski definition) is 20. The predicted octanol–water partition coefficient (Wildman–Crippen LogP) is 10.9. The van der Waals surface area contributed by atoms with Crippen LogP contribution in [0.3, 0.4) is 0 Å². The quantitative estimate of drug-likeness (QED) is 0.0334. The maximum absolute atomic E-state index is 14.0. The number of hydrazine groups is 2. The van der Waals surface area contributed by atoms with Gasteiger partial charge >= 0.3 is 0 Å². The number of hydrogen-bond donors (Lipinski definition) is 3. The first-order chi connectivity index (χ1) is 43.2. The fraction of sp³-hybridized carbons (Fsp3) is 0.507. The van der Waals surface area contributed by atoms with Crippen molar-refractivity contribution in [1.29, 1.82) is 10.5 Å². The van der Waals surface area contributed by atoms with E-state index in [4.69, 9.17) is 29.8 Å². The highest BCUT2D eigenvalue weighted by molar-refractivity contribution is 7.17. The molecule has 0 saturated carbocycles. The predicted molar refractivity (Wildman–Crippen MR) is 355 cm³/mol. The number of aliphatic hydroxyl groups is 3. The number of rotatable bonds is 24. The Labute approximate surface area is 544 Å². The Morgan fingerprint density at radius 3 is 1.38 bits per heavy atom. The standard InChI is InChI=1S/C33H43N5O5S.C20H28N2O3S.C13H17N3O3.CH4O/c1-9-11-16-37(17-12-10-2)32-35-28(27-22(20-39)14-13-15-25(27)43-8)26(44-32)18-23-21(3)24(19-34)30(41)38(29(23)40)36(7)31(42)33(4,5)6;1-4-6-11-22(12-7-5-2)20-21-19(17(14-24)26-20)18-15(13-23)9-8-10-16(18)25-3;1-8-6-10(17)16(11(18)9(8)7-14)15(5)12(19)13(2,3)4;1-2/h13-15,18,39H,9-12,16-17,20H2,1-8H3;8-10,14,23H,4-7,11-13H2,1-3H3;6H2,1-5H3;2H,1H3/b23-18-;;;. The van der Waals surface area contributed by atoms with Gasteiger partial charge in [0.1, 0.15) is 34.8 Å². The van der Waals surface area contributed by atoms with E-state index in [1.165, 1.54) is 36.8 Å². The van der Waals surface area contributed by atoms with Gasteiger partial charge in [-0.25, -0.2) is 20.0 Å². The molecule has 6 rings (SSSR count). The molecule has 0 fully saturated rings. The van der Waals surface area contributed by atoms with Crippen LogP contribution in [0.15, 0.2) is 64.3 Å². The topological polar surface area (TPSA) is 291 Å². The number of aldehydes is 1. The average molecular weight is 1290 g/mol. The molecule has 2 aromatic carbocycles. The maximum Gasteiger partial charge on any atom is 0.290 e. The molecule has 0 spiro atoms. The molecule has 494 valence electrons. The molecule has 2 aromatic heterocycles. The first kappa shape index (κ1) is 77.1. The second kappa shape index (κ2) is 36.1. The first-order valence-corrected chi connectivity index (χ1v) is 32.0. The minimum Gasteiger partial charge on any atom is -0.496 e. The van der Waals surface area contributed by atoms with Crippen LogP contribution in [0.25, 0.3) is 28.6 Å². The van der Waals surface area contributed by atoms with E-state index < -0.39 is 40.4 Å². The van der Waals surface area contributed by atoms with Crippen molar-refractivity contribution in [3.8, 4) is 46.2 Å². The van der Waals surface area contributed by atoms with Crippen molar-refractivity contribution in [3.63, 3.8) is 0 Å². The summed E-state index contributed by atoms with van der Waals surface area (Å²) in [7, 11) is 6.85. The summed E-state index contributed by atoms with van der Waals surface area (Å²) >= 11 is 2.80. The zero-order valence-corrected chi connectivity index (χ0v) is 57.7. The summed E-state index contributed by atoms with van der Waals surface area (Å²) in [4.78, 5) is 104. The van der Waals surface area contributed by atoms with Gasteiger partial charge in [0.2, 0.25) is 11.8 Å². The van der Waals surface area contributed by atoms with Crippen molar-refractivity contribution >= 4 is 80.7 Å². The van der Waals surface area contributed by atoms with E-state index in [1.807, 2.05) is 24.3 Å². The highest BCUT2D eigenvalue weighted by Gasteiger charge is 2.43. The molecule has 0 saturated heterocycles. The number of anilines is 2. The number of aliphatic hydroxyl groups excluding tert-OH is 3. The van der Waals surface area contributed by atoms with Gasteiger partial charge in [-0.3, -0.25) is 33.6 Å². The van der Waals surface area contributed by atoms with Crippen LogP contribution in [0.4, 0.5) is 10.3 Å². The summed E-state index contributed by atoms with van der Waals surface area (Å²) in [5.41, 5.74) is 2.55. The Balaban J connectivity index is 0.000000388. The summed E-state index contributed by atoms with van der Waals surface area (Å²) in [5.74, 6) is -2.51. The van der Waals surface area contributed by atoms with E-state index in [0.29, 0.717) is 60.5 Å². The van der Waals surface area contributed by atoms with E-state index >= 15 is 0 Å². The highest BCUT2D eigenvalue weighted by atomic mass is 32.1. The number of thiazole rings is 2. The number of carbonyl (C=O) groups excluding carboxylic acids is 7. The Morgan fingerprint density at radius 2 is 1.02 bits per heavy atom. The number of nitrogens with zero attached hydrogens (tertiary/aromatic N) is 10. The van der Waals surface area contributed by atoms with Crippen LogP contribution in [0.5, 0.6) is 11.5 Å². The van der Waals surface area contributed by atoms with Crippen LogP contribution in [-0.2, 0) is 42.0 Å². The average Bonchev–Trinajstić information content (AvgIpc) is 1.75. The highest BCUT2D eigenvalue weighted by Crippen LogP contribution is 2.43. The third kappa shape index (κ3) is 19.0. The van der Waals surface area contributed by atoms with Crippen molar-refractivity contribution in [2.24, 2.45) is 10.8 Å². The van der Waals surface area contributed by atoms with Crippen LogP contribution in [0.2, 0.25) is 0 Å². The molecular formula is C67H92N10O12S2. The lowest BCUT2D eigenvalue weighted by Gasteiger charge is -2.36. The molecule has 0 bridgehead atoms. The van der Waals surface area contributed by atoms with Gasteiger partial charge in [-0.15, -0.1) is 0 Å². The summed E-state index contributed by atoms with van der Waals surface area (Å²) in [6.45, 7) is 24.9. The second-order valence-electron chi connectivity index (χ2n) is 23.4. The lowest BCUT2D eigenvalue weighted by Crippen LogP contribution is -2.56. The van der Waals surface area contributed by atoms with Crippen molar-refractivity contribution in [1.82, 2.24) is 30.0 Å². The van der Waals surface area contributed by atoms with E-state index in [2.05, 4.69) is 37.5 Å². The molecule has 4 heterocycles. The molecule has 91 heavy (non-hydrogen) atoms. The molecule has 0 atom stereocenters. The molecular weight excluding hydrogens is 1200 g/mol. The van der Waals surface area contributed by atoms with Crippen molar-refractivity contribution in [2.45, 2.75) is 154 Å². The Morgan fingerprint density at radius 1 is 0.637 bits per heavy atom. The first-order valence-electron chi connectivity index (χ1n) is 30.4. The number of imide groups is 2. The maximum atomic E-state index is 14.0. The molecule has 0 unspecified atom stereocenters. The third-order valence-corrected chi connectivity index (χ3v) is 16.7. The molecule has 2 aliphatic rings. The normalized spacial score (nSPS) is 13.7.